The molecule has 3 heterocycles. The van der Waals surface area contributed by atoms with Crippen molar-refractivity contribution in [2.75, 3.05) is 25.4 Å². The zero-order valence-corrected chi connectivity index (χ0v) is 19.6. The van der Waals surface area contributed by atoms with Gasteiger partial charge < -0.3 is 14.5 Å². The molecule has 6 nitrogen and oxygen atoms in total. The van der Waals surface area contributed by atoms with Crippen molar-refractivity contribution in [1.29, 1.82) is 0 Å². The minimum absolute atomic E-state index is 0.172. The summed E-state index contributed by atoms with van der Waals surface area (Å²) in [6, 6.07) is 9.04. The highest BCUT2D eigenvalue weighted by molar-refractivity contribution is 7.99. The van der Waals surface area contributed by atoms with Crippen LogP contribution in [0.25, 0.3) is 11.4 Å². The van der Waals surface area contributed by atoms with Crippen molar-refractivity contribution in [3.8, 4) is 11.4 Å². The Kier molecular flexibility index (Phi) is 6.05. The molecule has 1 aliphatic heterocycles. The van der Waals surface area contributed by atoms with Crippen LogP contribution < -0.4 is 5.56 Å². The third-order valence-corrected chi connectivity index (χ3v) is 8.12. The van der Waals surface area contributed by atoms with Crippen LogP contribution in [0.4, 0.5) is 13.2 Å². The molecule has 0 amide bonds. The highest BCUT2D eigenvalue weighted by atomic mass is 32.2. The maximum Gasteiger partial charge on any atom is 0.416 e. The first-order valence-corrected chi connectivity index (χ1v) is 12.3. The Morgan fingerprint density at radius 1 is 1.21 bits per heavy atom. The molecule has 0 unspecified atom stereocenters. The van der Waals surface area contributed by atoms with Crippen molar-refractivity contribution in [2.45, 2.75) is 36.5 Å². The van der Waals surface area contributed by atoms with E-state index in [4.69, 9.17) is 0 Å². The molecule has 3 aromatic rings. The van der Waals surface area contributed by atoms with E-state index >= 15 is 0 Å². The number of rotatable bonds is 7. The largest absolute Gasteiger partial charge is 0.416 e. The average molecular weight is 490 g/mol. The Hall–Kier alpha value is -2.59. The van der Waals surface area contributed by atoms with Crippen LogP contribution in [0.1, 0.15) is 36.3 Å². The quantitative estimate of drug-likeness (QED) is 0.390. The summed E-state index contributed by atoms with van der Waals surface area (Å²) < 4.78 is 40.4. The molecule has 2 aliphatic rings. The Labute approximate surface area is 199 Å². The molecule has 0 radical (unpaired) electrons. The molecule has 1 aromatic carbocycles. The fraction of sp³-hybridized carbons (Fsp3) is 0.458. The average Bonchev–Trinajstić information content (AvgIpc) is 3.14. The van der Waals surface area contributed by atoms with Crippen molar-refractivity contribution < 1.29 is 13.2 Å². The fourth-order valence-corrected chi connectivity index (χ4v) is 5.91. The first-order chi connectivity index (χ1) is 16.2. The van der Waals surface area contributed by atoms with E-state index in [1.165, 1.54) is 18.2 Å². The lowest BCUT2D eigenvalue weighted by molar-refractivity contribution is -0.137. The van der Waals surface area contributed by atoms with Crippen LogP contribution in [0.15, 0.2) is 52.5 Å². The van der Waals surface area contributed by atoms with Gasteiger partial charge >= 0.3 is 6.18 Å². The van der Waals surface area contributed by atoms with Gasteiger partial charge in [0.25, 0.3) is 0 Å². The third-order valence-electron chi connectivity index (χ3n) is 7.01. The van der Waals surface area contributed by atoms with Crippen molar-refractivity contribution >= 4 is 11.8 Å². The molecule has 1 saturated carbocycles. The molecule has 0 bridgehead atoms. The maximum absolute atomic E-state index is 12.8. The SMILES string of the molecule is Cn1c(SCCCN2CC[C@@]3(C[C@H]3c3ccc(C(F)(F)F)cc3)C2)nnc1-c1cc[nH]c(=O)c1. The van der Waals surface area contributed by atoms with Gasteiger partial charge in [-0.3, -0.25) is 4.79 Å². The van der Waals surface area contributed by atoms with Crippen LogP contribution in [0.3, 0.4) is 0 Å². The van der Waals surface area contributed by atoms with E-state index in [-0.39, 0.29) is 11.0 Å². The molecule has 10 heteroatoms. The molecule has 1 aliphatic carbocycles. The van der Waals surface area contributed by atoms with Crippen molar-refractivity contribution in [3.05, 3.63) is 64.1 Å². The van der Waals surface area contributed by atoms with Gasteiger partial charge in [-0.1, -0.05) is 23.9 Å². The number of halogens is 3. The van der Waals surface area contributed by atoms with Gasteiger partial charge in [-0.25, -0.2) is 0 Å². The molecule has 2 fully saturated rings. The summed E-state index contributed by atoms with van der Waals surface area (Å²) in [5.41, 5.74) is 1.25. The highest BCUT2D eigenvalue weighted by Gasteiger charge is 2.57. The number of benzene rings is 1. The number of hydrogen-bond acceptors (Lipinski definition) is 5. The lowest BCUT2D eigenvalue weighted by Crippen LogP contribution is -2.23. The van der Waals surface area contributed by atoms with Gasteiger partial charge in [-0.15, -0.1) is 10.2 Å². The second kappa shape index (κ2) is 8.88. The van der Waals surface area contributed by atoms with Gasteiger partial charge in [-0.2, -0.15) is 13.2 Å². The molecule has 5 rings (SSSR count). The van der Waals surface area contributed by atoms with Crippen LogP contribution in [0, 0.1) is 5.41 Å². The Morgan fingerprint density at radius 2 is 2.00 bits per heavy atom. The minimum Gasteiger partial charge on any atom is -0.329 e. The van der Waals surface area contributed by atoms with E-state index in [1.54, 1.807) is 36.2 Å². The number of hydrogen-bond donors (Lipinski definition) is 1. The fourth-order valence-electron chi connectivity index (χ4n) is 5.08. The van der Waals surface area contributed by atoms with E-state index in [0.29, 0.717) is 11.7 Å². The van der Waals surface area contributed by atoms with Gasteiger partial charge in [0.2, 0.25) is 5.56 Å². The second-order valence-corrected chi connectivity index (χ2v) is 10.3. The molecule has 1 saturated heterocycles. The van der Waals surface area contributed by atoms with Crippen LogP contribution >= 0.6 is 11.8 Å². The van der Waals surface area contributed by atoms with Crippen molar-refractivity contribution in [3.63, 3.8) is 0 Å². The number of thioether (sulfide) groups is 1. The number of nitrogens with one attached hydrogen (secondary N) is 1. The van der Waals surface area contributed by atoms with E-state index in [1.807, 2.05) is 11.6 Å². The summed E-state index contributed by atoms with van der Waals surface area (Å²) in [5.74, 6) is 1.95. The topological polar surface area (TPSA) is 66.8 Å². The molecule has 2 aromatic heterocycles. The zero-order chi connectivity index (χ0) is 23.9. The van der Waals surface area contributed by atoms with E-state index in [0.717, 1.165) is 60.9 Å². The number of nitrogens with zero attached hydrogens (tertiary/aromatic N) is 4. The summed E-state index contributed by atoms with van der Waals surface area (Å²) >= 11 is 1.65. The number of likely N-dealkylation sites (tertiary alicyclic amines) is 1. The maximum atomic E-state index is 12.8. The van der Waals surface area contributed by atoms with Gasteiger partial charge in [0.05, 0.1) is 5.56 Å². The molecule has 1 spiro atoms. The van der Waals surface area contributed by atoms with Crippen LogP contribution in [-0.4, -0.2) is 50.0 Å². The number of aromatic amines is 1. The normalized spacial score (nSPS) is 22.5. The van der Waals surface area contributed by atoms with Gasteiger partial charge in [-0.05, 0) is 67.4 Å². The predicted molar refractivity (Wildman–Crippen MR) is 125 cm³/mol. The first kappa shape index (κ1) is 23.2. The monoisotopic (exact) mass is 489 g/mol. The lowest BCUT2D eigenvalue weighted by Gasteiger charge is -2.16. The number of pyridine rings is 1. The number of H-pyrrole nitrogens is 1. The predicted octanol–water partition coefficient (Wildman–Crippen LogP) is 4.55. The molecular formula is C24H26F3N5OS. The highest BCUT2D eigenvalue weighted by Crippen LogP contribution is 2.64. The third kappa shape index (κ3) is 4.65. The first-order valence-electron chi connectivity index (χ1n) is 11.4. The summed E-state index contributed by atoms with van der Waals surface area (Å²) in [6.07, 6.45) is 0.500. The second-order valence-electron chi connectivity index (χ2n) is 9.27. The molecule has 34 heavy (non-hydrogen) atoms. The molecule has 180 valence electrons. The van der Waals surface area contributed by atoms with Crippen LogP contribution in [-0.2, 0) is 13.2 Å². The summed E-state index contributed by atoms with van der Waals surface area (Å²) in [7, 11) is 1.90. The van der Waals surface area contributed by atoms with Crippen LogP contribution in [0.2, 0.25) is 0 Å². The Morgan fingerprint density at radius 3 is 2.74 bits per heavy atom. The standard InChI is InChI=1S/C24H26F3N5OS/c1-31-21(17-7-9-28-20(33)13-17)29-30-22(31)34-12-2-10-32-11-8-23(15-32)14-19(23)16-3-5-18(6-4-16)24(25,26)27/h3-7,9,13,19H,2,8,10-12,14-15H2,1H3,(H,28,33)/t19-,23+/m0/s1. The van der Waals surface area contributed by atoms with Crippen molar-refractivity contribution in [1.82, 2.24) is 24.6 Å². The van der Waals surface area contributed by atoms with Gasteiger partial charge in [0.1, 0.15) is 0 Å². The van der Waals surface area contributed by atoms with Gasteiger partial charge in [0, 0.05) is 37.2 Å². The van der Waals surface area contributed by atoms with Gasteiger partial charge in [0.15, 0.2) is 11.0 Å². The smallest absolute Gasteiger partial charge is 0.329 e. The Bertz CT molecular complexity index is 1220. The summed E-state index contributed by atoms with van der Waals surface area (Å²) in [6.45, 7) is 3.05. The molecule has 1 N–H and O–H groups in total. The number of aromatic nitrogens is 4. The molecular weight excluding hydrogens is 463 g/mol. The zero-order valence-electron chi connectivity index (χ0n) is 18.8. The molecule has 2 atom stereocenters. The summed E-state index contributed by atoms with van der Waals surface area (Å²) in [4.78, 5) is 16.6. The Balaban J connectivity index is 1.09. The minimum atomic E-state index is -4.28. The van der Waals surface area contributed by atoms with E-state index in [2.05, 4.69) is 20.1 Å². The van der Waals surface area contributed by atoms with E-state index < -0.39 is 11.7 Å². The van der Waals surface area contributed by atoms with E-state index in [9.17, 15) is 18.0 Å². The number of alkyl halides is 3. The van der Waals surface area contributed by atoms with Crippen molar-refractivity contribution in [2.24, 2.45) is 12.5 Å². The lowest BCUT2D eigenvalue weighted by atomic mass is 9.97. The summed E-state index contributed by atoms with van der Waals surface area (Å²) in [5, 5.41) is 9.32. The van der Waals surface area contributed by atoms with Crippen LogP contribution in [0.5, 0.6) is 0 Å².